The molecule has 0 radical (unpaired) electrons. The summed E-state index contributed by atoms with van der Waals surface area (Å²) >= 11 is 0. The highest BCUT2D eigenvalue weighted by atomic mass is 16.5. The third kappa shape index (κ3) is 1.52. The van der Waals surface area contributed by atoms with Gasteiger partial charge in [-0.25, -0.2) is 0 Å². The Kier molecular flexibility index (Phi) is 2.40. The lowest BCUT2D eigenvalue weighted by Crippen LogP contribution is -2.13. The van der Waals surface area contributed by atoms with Crippen LogP contribution in [0.4, 0.5) is 0 Å². The number of hydrogen-bond donors (Lipinski definition) is 1. The van der Waals surface area contributed by atoms with Crippen LogP contribution in [-0.4, -0.2) is 14.2 Å². The number of benzene rings is 1. The molecule has 2 aliphatic carbocycles. The highest BCUT2D eigenvalue weighted by Gasteiger charge is 2.40. The third-order valence-corrected chi connectivity index (χ3v) is 4.10. The fraction of sp³-hybridized carbons (Fsp3) is 0.571. The van der Waals surface area contributed by atoms with Crippen molar-refractivity contribution in [2.45, 2.75) is 31.2 Å². The molecule has 1 aromatic rings. The lowest BCUT2D eigenvalue weighted by Gasteiger charge is -2.10. The maximum Gasteiger partial charge on any atom is 0.119 e. The average molecular weight is 217 g/mol. The molecule has 0 amide bonds. The Balaban J connectivity index is 2.00. The molecule has 86 valence electrons. The number of fused-ring (bicyclic) bond motifs is 1. The lowest BCUT2D eigenvalue weighted by atomic mass is 9.96. The van der Waals surface area contributed by atoms with Crippen LogP contribution >= 0.6 is 0 Å². The van der Waals surface area contributed by atoms with Gasteiger partial charge in [0.05, 0.1) is 7.11 Å². The molecular formula is C14H19NO. The second-order valence-electron chi connectivity index (χ2n) is 5.02. The van der Waals surface area contributed by atoms with Crippen LogP contribution < -0.4 is 10.1 Å². The molecule has 16 heavy (non-hydrogen) atoms. The molecule has 1 aromatic carbocycles. The Morgan fingerprint density at radius 1 is 1.25 bits per heavy atom. The van der Waals surface area contributed by atoms with Crippen molar-refractivity contribution in [3.63, 3.8) is 0 Å². The Labute approximate surface area is 97.0 Å². The van der Waals surface area contributed by atoms with Crippen molar-refractivity contribution in [2.75, 3.05) is 14.2 Å². The standard InChI is InChI=1S/C14H19NO/c1-15-14-8-12(9-3-4-9)13-7-10(16-2)5-6-11(13)14/h5-7,9,12,14-15H,3-4,8H2,1-2H3. The Morgan fingerprint density at radius 2 is 2.06 bits per heavy atom. The summed E-state index contributed by atoms with van der Waals surface area (Å²) in [6.45, 7) is 0. The van der Waals surface area contributed by atoms with E-state index in [2.05, 4.69) is 30.6 Å². The highest BCUT2D eigenvalue weighted by molar-refractivity contribution is 5.44. The van der Waals surface area contributed by atoms with E-state index in [0.717, 1.165) is 17.6 Å². The summed E-state index contributed by atoms with van der Waals surface area (Å²) in [4.78, 5) is 0. The first-order chi connectivity index (χ1) is 7.83. The van der Waals surface area contributed by atoms with Crippen molar-refractivity contribution < 1.29 is 4.74 Å². The molecule has 2 unspecified atom stereocenters. The van der Waals surface area contributed by atoms with Gasteiger partial charge in [0.25, 0.3) is 0 Å². The van der Waals surface area contributed by atoms with Gasteiger partial charge < -0.3 is 10.1 Å². The first-order valence-electron chi connectivity index (χ1n) is 6.18. The molecule has 0 aromatic heterocycles. The van der Waals surface area contributed by atoms with Crippen molar-refractivity contribution in [3.05, 3.63) is 29.3 Å². The molecule has 1 fully saturated rings. The summed E-state index contributed by atoms with van der Waals surface area (Å²) in [7, 11) is 3.81. The van der Waals surface area contributed by atoms with Gasteiger partial charge in [0.15, 0.2) is 0 Å². The maximum absolute atomic E-state index is 5.34. The third-order valence-electron chi connectivity index (χ3n) is 4.10. The van der Waals surface area contributed by atoms with Crippen LogP contribution in [0.15, 0.2) is 18.2 Å². The Morgan fingerprint density at radius 3 is 2.69 bits per heavy atom. The molecule has 2 heteroatoms. The summed E-state index contributed by atoms with van der Waals surface area (Å²) < 4.78 is 5.34. The van der Waals surface area contributed by atoms with Crippen molar-refractivity contribution in [3.8, 4) is 5.75 Å². The van der Waals surface area contributed by atoms with E-state index in [4.69, 9.17) is 4.74 Å². The van der Waals surface area contributed by atoms with Gasteiger partial charge in [-0.3, -0.25) is 0 Å². The predicted octanol–water partition coefficient (Wildman–Crippen LogP) is 2.85. The minimum absolute atomic E-state index is 0.548. The topological polar surface area (TPSA) is 21.3 Å². The zero-order valence-electron chi connectivity index (χ0n) is 9.99. The fourth-order valence-corrected chi connectivity index (χ4v) is 3.04. The van der Waals surface area contributed by atoms with Gasteiger partial charge in [-0.05, 0) is 61.4 Å². The van der Waals surface area contributed by atoms with Crippen LogP contribution in [0.1, 0.15) is 42.3 Å². The second kappa shape index (κ2) is 3.77. The summed E-state index contributed by atoms with van der Waals surface area (Å²) in [5.41, 5.74) is 3.02. The number of rotatable bonds is 3. The lowest BCUT2D eigenvalue weighted by molar-refractivity contribution is 0.413. The van der Waals surface area contributed by atoms with Gasteiger partial charge in [0.1, 0.15) is 5.75 Å². The number of nitrogens with one attached hydrogen (secondary N) is 1. The molecule has 1 N–H and O–H groups in total. The molecule has 2 aliphatic rings. The molecule has 2 nitrogen and oxygen atoms in total. The molecule has 3 rings (SSSR count). The zero-order valence-corrected chi connectivity index (χ0v) is 9.99. The summed E-state index contributed by atoms with van der Waals surface area (Å²) in [5.74, 6) is 2.70. The summed E-state index contributed by atoms with van der Waals surface area (Å²) in [6.07, 6.45) is 4.10. The van der Waals surface area contributed by atoms with Crippen LogP contribution in [0, 0.1) is 5.92 Å². The van der Waals surface area contributed by atoms with E-state index in [-0.39, 0.29) is 0 Å². The van der Waals surface area contributed by atoms with E-state index in [1.54, 1.807) is 7.11 Å². The van der Waals surface area contributed by atoms with Crippen LogP contribution in [0.3, 0.4) is 0 Å². The van der Waals surface area contributed by atoms with E-state index in [1.807, 2.05) is 0 Å². The summed E-state index contributed by atoms with van der Waals surface area (Å²) in [5, 5.41) is 3.43. The van der Waals surface area contributed by atoms with E-state index >= 15 is 0 Å². The van der Waals surface area contributed by atoms with E-state index < -0.39 is 0 Å². The molecular weight excluding hydrogens is 198 g/mol. The minimum atomic E-state index is 0.548. The van der Waals surface area contributed by atoms with Crippen molar-refractivity contribution in [1.82, 2.24) is 5.32 Å². The zero-order chi connectivity index (χ0) is 11.1. The van der Waals surface area contributed by atoms with Crippen LogP contribution in [0.25, 0.3) is 0 Å². The quantitative estimate of drug-likeness (QED) is 0.840. The average Bonchev–Trinajstić information content (AvgIpc) is 3.10. The monoisotopic (exact) mass is 217 g/mol. The second-order valence-corrected chi connectivity index (χ2v) is 5.02. The van der Waals surface area contributed by atoms with Crippen molar-refractivity contribution in [2.24, 2.45) is 5.92 Å². The molecule has 0 bridgehead atoms. The molecule has 0 aliphatic heterocycles. The molecule has 1 saturated carbocycles. The van der Waals surface area contributed by atoms with E-state index in [1.165, 1.54) is 30.4 Å². The molecule has 0 saturated heterocycles. The van der Waals surface area contributed by atoms with Gasteiger partial charge in [-0.2, -0.15) is 0 Å². The predicted molar refractivity (Wildman–Crippen MR) is 64.9 cm³/mol. The van der Waals surface area contributed by atoms with Gasteiger partial charge in [0.2, 0.25) is 0 Å². The van der Waals surface area contributed by atoms with Gasteiger partial charge >= 0.3 is 0 Å². The van der Waals surface area contributed by atoms with Crippen molar-refractivity contribution in [1.29, 1.82) is 0 Å². The number of methoxy groups -OCH3 is 1. The fourth-order valence-electron chi connectivity index (χ4n) is 3.04. The first-order valence-corrected chi connectivity index (χ1v) is 6.18. The van der Waals surface area contributed by atoms with Crippen LogP contribution in [-0.2, 0) is 0 Å². The van der Waals surface area contributed by atoms with Crippen LogP contribution in [0.5, 0.6) is 5.75 Å². The van der Waals surface area contributed by atoms with Gasteiger partial charge in [0, 0.05) is 6.04 Å². The SMILES string of the molecule is CNC1CC(C2CC2)c2cc(OC)ccc21. The minimum Gasteiger partial charge on any atom is -0.497 e. The van der Waals surface area contributed by atoms with Crippen LogP contribution in [0.2, 0.25) is 0 Å². The smallest absolute Gasteiger partial charge is 0.119 e. The maximum atomic E-state index is 5.34. The normalized spacial score (nSPS) is 27.9. The highest BCUT2D eigenvalue weighted by Crippen LogP contribution is 2.53. The van der Waals surface area contributed by atoms with E-state index in [0.29, 0.717) is 6.04 Å². The number of ether oxygens (including phenoxy) is 1. The van der Waals surface area contributed by atoms with Gasteiger partial charge in [-0.1, -0.05) is 6.07 Å². The molecule has 0 spiro atoms. The Bertz CT molecular complexity index is 398. The molecule has 0 heterocycles. The van der Waals surface area contributed by atoms with E-state index in [9.17, 15) is 0 Å². The first kappa shape index (κ1) is 10.2. The molecule has 2 atom stereocenters. The Hall–Kier alpha value is -1.02. The largest absolute Gasteiger partial charge is 0.497 e. The van der Waals surface area contributed by atoms with Gasteiger partial charge in [-0.15, -0.1) is 0 Å². The number of hydrogen-bond acceptors (Lipinski definition) is 2. The van der Waals surface area contributed by atoms with Crippen molar-refractivity contribution >= 4 is 0 Å². The summed E-state index contributed by atoms with van der Waals surface area (Å²) in [6, 6.07) is 7.11.